The van der Waals surface area contributed by atoms with Gasteiger partial charge in [0.25, 0.3) is 0 Å². The van der Waals surface area contributed by atoms with Crippen molar-refractivity contribution in [1.82, 2.24) is 20.4 Å². The molecular weight excluding hydrogens is 441 g/mol. The minimum absolute atomic E-state index is 0. The summed E-state index contributed by atoms with van der Waals surface area (Å²) in [6.07, 6.45) is 6.62. The highest BCUT2D eigenvalue weighted by Gasteiger charge is 2.18. The van der Waals surface area contributed by atoms with E-state index in [1.54, 1.807) is 7.11 Å². The van der Waals surface area contributed by atoms with Crippen LogP contribution in [0.4, 0.5) is 0 Å². The fourth-order valence-electron chi connectivity index (χ4n) is 3.69. The number of hydrogen-bond acceptors (Lipinski definition) is 4. The Labute approximate surface area is 177 Å². The zero-order chi connectivity index (χ0) is 17.7. The molecule has 2 saturated heterocycles. The van der Waals surface area contributed by atoms with Crippen molar-refractivity contribution in [3.63, 3.8) is 0 Å². The lowest BCUT2D eigenvalue weighted by atomic mass is 9.97. The maximum Gasteiger partial charge on any atom is 0.191 e. The summed E-state index contributed by atoms with van der Waals surface area (Å²) in [7, 11) is 1.78. The molecule has 0 saturated carbocycles. The van der Waals surface area contributed by atoms with Crippen LogP contribution in [0.3, 0.4) is 0 Å². The number of hydrogen-bond donors (Lipinski definition) is 2. The summed E-state index contributed by atoms with van der Waals surface area (Å²) in [6.45, 7) is 12.9. The Balaban J connectivity index is 0.00000338. The number of piperidine rings is 2. The van der Waals surface area contributed by atoms with Gasteiger partial charge < -0.3 is 25.2 Å². The lowest BCUT2D eigenvalue weighted by Gasteiger charge is -2.31. The molecule has 0 aromatic heterocycles. The summed E-state index contributed by atoms with van der Waals surface area (Å²) in [5.41, 5.74) is 0. The molecule has 2 N–H and O–H groups in total. The van der Waals surface area contributed by atoms with E-state index in [0.717, 1.165) is 51.2 Å². The van der Waals surface area contributed by atoms with Crippen LogP contribution < -0.4 is 10.6 Å². The standard InChI is InChI=1S/C19H39N5O.HI/c1-3-20-19(21-9-14-23-10-5-4-6-11-23)22-17-18-7-12-24(13-8-18)15-16-25-2;/h18H,3-17H2,1-2H3,(H2,20,21,22);1H. The third kappa shape index (κ3) is 9.71. The van der Waals surface area contributed by atoms with Gasteiger partial charge in [0.1, 0.15) is 0 Å². The highest BCUT2D eigenvalue weighted by Crippen LogP contribution is 2.17. The molecule has 6 nitrogen and oxygen atoms in total. The Morgan fingerprint density at radius 1 is 1.00 bits per heavy atom. The smallest absolute Gasteiger partial charge is 0.191 e. The maximum absolute atomic E-state index is 5.18. The van der Waals surface area contributed by atoms with Crippen molar-refractivity contribution in [3.8, 4) is 0 Å². The van der Waals surface area contributed by atoms with Gasteiger partial charge in [0.2, 0.25) is 0 Å². The lowest BCUT2D eigenvalue weighted by Crippen LogP contribution is -2.43. The lowest BCUT2D eigenvalue weighted by molar-refractivity contribution is 0.121. The zero-order valence-corrected chi connectivity index (χ0v) is 19.2. The molecule has 26 heavy (non-hydrogen) atoms. The number of likely N-dealkylation sites (tertiary alicyclic amines) is 2. The zero-order valence-electron chi connectivity index (χ0n) is 16.8. The van der Waals surface area contributed by atoms with Gasteiger partial charge in [0.15, 0.2) is 5.96 Å². The van der Waals surface area contributed by atoms with Crippen LogP contribution in [0.25, 0.3) is 0 Å². The van der Waals surface area contributed by atoms with Crippen molar-refractivity contribution >= 4 is 29.9 Å². The molecule has 0 amide bonds. The number of methoxy groups -OCH3 is 1. The van der Waals surface area contributed by atoms with Crippen LogP contribution in [0.2, 0.25) is 0 Å². The third-order valence-electron chi connectivity index (χ3n) is 5.34. The molecule has 7 heteroatoms. The maximum atomic E-state index is 5.18. The van der Waals surface area contributed by atoms with Crippen LogP contribution in [0.15, 0.2) is 4.99 Å². The van der Waals surface area contributed by atoms with Crippen LogP contribution in [0, 0.1) is 5.92 Å². The predicted octanol–water partition coefficient (Wildman–Crippen LogP) is 2.00. The van der Waals surface area contributed by atoms with Crippen LogP contribution in [0.1, 0.15) is 39.0 Å². The highest BCUT2D eigenvalue weighted by atomic mass is 127. The van der Waals surface area contributed by atoms with E-state index in [0.29, 0.717) is 0 Å². The average molecular weight is 481 g/mol. The Morgan fingerprint density at radius 3 is 2.35 bits per heavy atom. The van der Waals surface area contributed by atoms with Crippen molar-refractivity contribution in [1.29, 1.82) is 0 Å². The largest absolute Gasteiger partial charge is 0.383 e. The molecule has 2 aliphatic heterocycles. The first-order valence-corrected chi connectivity index (χ1v) is 10.3. The van der Waals surface area contributed by atoms with Crippen molar-refractivity contribution in [2.45, 2.75) is 39.0 Å². The monoisotopic (exact) mass is 481 g/mol. The first-order chi connectivity index (χ1) is 12.3. The molecule has 2 fully saturated rings. The molecule has 2 heterocycles. The van der Waals surface area contributed by atoms with E-state index in [1.165, 1.54) is 58.3 Å². The average Bonchev–Trinajstić information content (AvgIpc) is 2.66. The van der Waals surface area contributed by atoms with Gasteiger partial charge in [-0.25, -0.2) is 0 Å². The fraction of sp³-hybridized carbons (Fsp3) is 0.947. The highest BCUT2D eigenvalue weighted by molar-refractivity contribution is 14.0. The van der Waals surface area contributed by atoms with E-state index < -0.39 is 0 Å². The van der Waals surface area contributed by atoms with Crippen molar-refractivity contribution < 1.29 is 4.74 Å². The number of halogens is 1. The first-order valence-electron chi connectivity index (χ1n) is 10.3. The molecule has 0 radical (unpaired) electrons. The molecule has 154 valence electrons. The van der Waals surface area contributed by atoms with E-state index >= 15 is 0 Å². The van der Waals surface area contributed by atoms with E-state index in [1.807, 2.05) is 0 Å². The molecule has 0 aromatic rings. The van der Waals surface area contributed by atoms with Crippen LogP contribution in [-0.4, -0.2) is 88.4 Å². The topological polar surface area (TPSA) is 52.1 Å². The van der Waals surface area contributed by atoms with Gasteiger partial charge in [-0.2, -0.15) is 0 Å². The molecular formula is C19H40IN5O. The van der Waals surface area contributed by atoms with Gasteiger partial charge in [0.05, 0.1) is 6.61 Å². The van der Waals surface area contributed by atoms with Gasteiger partial charge >= 0.3 is 0 Å². The summed E-state index contributed by atoms with van der Waals surface area (Å²) in [5, 5.41) is 6.90. The molecule has 2 rings (SSSR count). The van der Waals surface area contributed by atoms with Gasteiger partial charge in [-0.15, -0.1) is 24.0 Å². The number of guanidine groups is 1. The normalized spacial score (nSPS) is 20.6. The van der Waals surface area contributed by atoms with Crippen LogP contribution in [-0.2, 0) is 4.74 Å². The SMILES string of the molecule is CCNC(=NCC1CCN(CCOC)CC1)NCCN1CCCCC1.I. The van der Waals surface area contributed by atoms with Gasteiger partial charge in [-0.1, -0.05) is 6.42 Å². The summed E-state index contributed by atoms with van der Waals surface area (Å²) in [5.74, 6) is 1.71. The van der Waals surface area contributed by atoms with E-state index in [9.17, 15) is 0 Å². The minimum atomic E-state index is 0. The summed E-state index contributed by atoms with van der Waals surface area (Å²) < 4.78 is 5.18. The number of rotatable bonds is 9. The quantitative estimate of drug-likeness (QED) is 0.300. The molecule has 0 atom stereocenters. The Kier molecular flexibility index (Phi) is 13.7. The van der Waals surface area contributed by atoms with E-state index in [2.05, 4.69) is 27.4 Å². The summed E-state index contributed by atoms with van der Waals surface area (Å²) in [6, 6.07) is 0. The first kappa shape index (κ1) is 23.9. The second kappa shape index (κ2) is 14.9. The van der Waals surface area contributed by atoms with Crippen LogP contribution in [0.5, 0.6) is 0 Å². The molecule has 0 bridgehead atoms. The Morgan fingerprint density at radius 2 is 1.69 bits per heavy atom. The van der Waals surface area contributed by atoms with Crippen molar-refractivity contribution in [3.05, 3.63) is 0 Å². The Hall–Kier alpha value is -0.120. The van der Waals surface area contributed by atoms with Gasteiger partial charge in [-0.3, -0.25) is 4.99 Å². The third-order valence-corrected chi connectivity index (χ3v) is 5.34. The fourth-order valence-corrected chi connectivity index (χ4v) is 3.69. The van der Waals surface area contributed by atoms with Crippen LogP contribution >= 0.6 is 24.0 Å². The number of aliphatic imine (C=N–C) groups is 1. The number of ether oxygens (including phenoxy) is 1. The van der Waals surface area contributed by atoms with E-state index in [-0.39, 0.29) is 24.0 Å². The van der Waals surface area contributed by atoms with Crippen molar-refractivity contribution in [2.24, 2.45) is 10.9 Å². The number of nitrogens with one attached hydrogen (secondary N) is 2. The summed E-state index contributed by atoms with van der Waals surface area (Å²) in [4.78, 5) is 9.91. The van der Waals surface area contributed by atoms with Gasteiger partial charge in [-0.05, 0) is 64.7 Å². The predicted molar refractivity (Wildman–Crippen MR) is 121 cm³/mol. The number of nitrogens with zero attached hydrogens (tertiary/aromatic N) is 3. The molecule has 0 aliphatic carbocycles. The minimum Gasteiger partial charge on any atom is -0.383 e. The van der Waals surface area contributed by atoms with Crippen molar-refractivity contribution in [2.75, 3.05) is 72.6 Å². The molecule has 0 unspecified atom stereocenters. The Bertz CT molecular complexity index is 369. The van der Waals surface area contributed by atoms with Gasteiger partial charge in [0, 0.05) is 39.8 Å². The molecule has 2 aliphatic rings. The second-order valence-electron chi connectivity index (χ2n) is 7.33. The molecule has 0 spiro atoms. The second-order valence-corrected chi connectivity index (χ2v) is 7.33. The summed E-state index contributed by atoms with van der Waals surface area (Å²) >= 11 is 0. The van der Waals surface area contributed by atoms with E-state index in [4.69, 9.17) is 9.73 Å². The molecule has 0 aromatic carbocycles.